The Balaban J connectivity index is 2.10. The number of nitro benzene ring substituents is 1. The average molecular weight is 321 g/mol. The van der Waals surface area contributed by atoms with Gasteiger partial charge in [-0.05, 0) is 18.2 Å². The first kappa shape index (κ1) is 16.0. The molecule has 0 saturated carbocycles. The van der Waals surface area contributed by atoms with Crippen molar-refractivity contribution in [3.8, 4) is 0 Å². The van der Waals surface area contributed by atoms with Gasteiger partial charge in [0.2, 0.25) is 0 Å². The maximum atomic E-state index is 13.4. The Morgan fingerprint density at radius 3 is 2.13 bits per heavy atom. The largest absolute Gasteiger partial charge is 0.318 e. The van der Waals surface area contributed by atoms with Crippen molar-refractivity contribution in [2.45, 2.75) is 0 Å². The van der Waals surface area contributed by atoms with Gasteiger partial charge in [0.25, 0.3) is 5.69 Å². The molecule has 2 aromatic carbocycles. The van der Waals surface area contributed by atoms with E-state index in [1.54, 1.807) is 5.32 Å². The number of benzene rings is 2. The van der Waals surface area contributed by atoms with Crippen molar-refractivity contribution in [2.75, 3.05) is 10.6 Å². The summed E-state index contributed by atoms with van der Waals surface area (Å²) in [6.45, 7) is 0. The maximum absolute atomic E-state index is 13.4. The third kappa shape index (κ3) is 3.84. The van der Waals surface area contributed by atoms with E-state index in [0.29, 0.717) is 0 Å². The highest BCUT2D eigenvalue weighted by molar-refractivity contribution is 6.43. The molecular weight excluding hydrogens is 312 g/mol. The van der Waals surface area contributed by atoms with Crippen LogP contribution in [0.25, 0.3) is 0 Å². The highest BCUT2D eigenvalue weighted by Crippen LogP contribution is 2.19. The monoisotopic (exact) mass is 321 g/mol. The van der Waals surface area contributed by atoms with Gasteiger partial charge in [0.15, 0.2) is 0 Å². The fraction of sp³-hybridized carbons (Fsp3) is 0. The smallest absolute Gasteiger partial charge is 0.314 e. The van der Waals surface area contributed by atoms with E-state index >= 15 is 0 Å². The molecular formula is C14H9F2N3O4. The second-order valence-electron chi connectivity index (χ2n) is 4.31. The third-order valence-corrected chi connectivity index (χ3v) is 2.72. The van der Waals surface area contributed by atoms with Gasteiger partial charge in [-0.1, -0.05) is 12.1 Å². The van der Waals surface area contributed by atoms with Gasteiger partial charge in [0, 0.05) is 17.8 Å². The van der Waals surface area contributed by atoms with Crippen LogP contribution in [0.2, 0.25) is 0 Å². The molecule has 0 fully saturated rings. The van der Waals surface area contributed by atoms with E-state index in [4.69, 9.17) is 0 Å². The number of carbonyl (C=O) groups is 2. The zero-order chi connectivity index (χ0) is 17.0. The van der Waals surface area contributed by atoms with E-state index < -0.39 is 34.1 Å². The van der Waals surface area contributed by atoms with E-state index in [9.17, 15) is 28.5 Å². The molecule has 0 bridgehead atoms. The van der Waals surface area contributed by atoms with Crippen molar-refractivity contribution in [3.63, 3.8) is 0 Å². The summed E-state index contributed by atoms with van der Waals surface area (Å²) >= 11 is 0. The van der Waals surface area contributed by atoms with Crippen LogP contribution in [0.5, 0.6) is 0 Å². The summed E-state index contributed by atoms with van der Waals surface area (Å²) < 4.78 is 26.8. The summed E-state index contributed by atoms with van der Waals surface area (Å²) in [5.41, 5.74) is -1.05. The number of amides is 2. The van der Waals surface area contributed by atoms with Crippen molar-refractivity contribution in [3.05, 3.63) is 64.2 Å². The van der Waals surface area contributed by atoms with Crippen molar-refractivity contribution in [1.82, 2.24) is 0 Å². The number of non-ortho nitro benzene ring substituents is 1. The van der Waals surface area contributed by atoms with Crippen LogP contribution in [0.15, 0.2) is 42.5 Å². The number of halogens is 2. The van der Waals surface area contributed by atoms with Gasteiger partial charge in [-0.3, -0.25) is 19.7 Å². The summed E-state index contributed by atoms with van der Waals surface area (Å²) in [5, 5.41) is 14.5. The Hall–Kier alpha value is -3.36. The number of para-hydroxylation sites is 1. The normalized spacial score (nSPS) is 10.0. The number of carbonyl (C=O) groups excluding carboxylic acids is 2. The molecule has 0 spiro atoms. The minimum atomic E-state index is -1.32. The highest BCUT2D eigenvalue weighted by atomic mass is 19.1. The number of rotatable bonds is 3. The van der Waals surface area contributed by atoms with Gasteiger partial charge in [-0.25, -0.2) is 8.78 Å². The van der Waals surface area contributed by atoms with Crippen molar-refractivity contribution < 1.29 is 23.3 Å². The number of hydrogen-bond acceptors (Lipinski definition) is 4. The van der Waals surface area contributed by atoms with Gasteiger partial charge < -0.3 is 10.6 Å². The first-order chi connectivity index (χ1) is 10.9. The van der Waals surface area contributed by atoms with Gasteiger partial charge in [0.05, 0.1) is 4.92 Å². The zero-order valence-electron chi connectivity index (χ0n) is 11.4. The summed E-state index contributed by atoms with van der Waals surface area (Å²) in [6.07, 6.45) is 0. The predicted molar refractivity (Wildman–Crippen MR) is 76.7 cm³/mol. The van der Waals surface area contributed by atoms with Gasteiger partial charge in [-0.2, -0.15) is 0 Å². The standard InChI is InChI=1S/C14H9F2N3O4/c15-10-5-2-6-11(16)12(10)18-14(21)13(20)17-8-3-1-4-9(7-8)19(22)23/h1-7H,(H,17,20)(H,18,21). The minimum absolute atomic E-state index is 0.00615. The lowest BCUT2D eigenvalue weighted by atomic mass is 10.2. The Labute approximate surface area is 128 Å². The SMILES string of the molecule is O=C(Nc1cccc([N+](=O)[O-])c1)C(=O)Nc1c(F)cccc1F. The van der Waals surface area contributed by atoms with E-state index in [2.05, 4.69) is 5.32 Å². The predicted octanol–water partition coefficient (Wildman–Crippen LogP) is 2.45. The number of nitrogens with one attached hydrogen (secondary N) is 2. The topological polar surface area (TPSA) is 101 Å². The third-order valence-electron chi connectivity index (χ3n) is 2.72. The van der Waals surface area contributed by atoms with Crippen molar-refractivity contribution in [1.29, 1.82) is 0 Å². The van der Waals surface area contributed by atoms with Gasteiger partial charge in [0.1, 0.15) is 17.3 Å². The lowest BCUT2D eigenvalue weighted by Crippen LogP contribution is -2.29. The van der Waals surface area contributed by atoms with Crippen LogP contribution in [0.3, 0.4) is 0 Å². The molecule has 0 aliphatic carbocycles. The van der Waals surface area contributed by atoms with Crippen LogP contribution in [-0.2, 0) is 9.59 Å². The Kier molecular flexibility index (Phi) is 4.60. The van der Waals surface area contributed by atoms with Gasteiger partial charge >= 0.3 is 11.8 Å². The van der Waals surface area contributed by atoms with Crippen LogP contribution in [0, 0.1) is 21.7 Å². The molecule has 2 rings (SSSR count). The summed E-state index contributed by atoms with van der Waals surface area (Å²) in [7, 11) is 0. The quantitative estimate of drug-likeness (QED) is 0.515. The van der Waals surface area contributed by atoms with Crippen LogP contribution < -0.4 is 10.6 Å². The molecule has 2 amide bonds. The second kappa shape index (κ2) is 6.60. The summed E-state index contributed by atoms with van der Waals surface area (Å²) in [4.78, 5) is 33.3. The lowest BCUT2D eigenvalue weighted by Gasteiger charge is -2.08. The number of nitrogens with zero attached hydrogens (tertiary/aromatic N) is 1. The lowest BCUT2D eigenvalue weighted by molar-refractivity contribution is -0.384. The number of anilines is 2. The fourth-order valence-corrected chi connectivity index (χ4v) is 1.67. The summed E-state index contributed by atoms with van der Waals surface area (Å²) in [5.74, 6) is -4.63. The van der Waals surface area contributed by atoms with E-state index in [0.717, 1.165) is 24.3 Å². The molecule has 7 nitrogen and oxygen atoms in total. The van der Waals surface area contributed by atoms with Crippen molar-refractivity contribution in [2.24, 2.45) is 0 Å². The van der Waals surface area contributed by atoms with Crippen molar-refractivity contribution >= 4 is 28.9 Å². The zero-order valence-corrected chi connectivity index (χ0v) is 11.4. The van der Waals surface area contributed by atoms with Crippen LogP contribution in [0.4, 0.5) is 25.8 Å². The molecule has 118 valence electrons. The molecule has 0 radical (unpaired) electrons. The van der Waals surface area contributed by atoms with E-state index in [-0.39, 0.29) is 11.4 Å². The second-order valence-corrected chi connectivity index (χ2v) is 4.31. The average Bonchev–Trinajstić information content (AvgIpc) is 2.51. The molecule has 9 heteroatoms. The highest BCUT2D eigenvalue weighted by Gasteiger charge is 2.19. The Morgan fingerprint density at radius 1 is 0.957 bits per heavy atom. The molecule has 2 N–H and O–H groups in total. The first-order valence-electron chi connectivity index (χ1n) is 6.19. The molecule has 0 aliphatic rings. The molecule has 2 aromatic rings. The number of hydrogen-bond donors (Lipinski definition) is 2. The Bertz CT molecular complexity index is 775. The molecule has 0 aliphatic heterocycles. The van der Waals surface area contributed by atoms with Crippen LogP contribution >= 0.6 is 0 Å². The molecule has 0 unspecified atom stereocenters. The van der Waals surface area contributed by atoms with E-state index in [1.165, 1.54) is 18.2 Å². The Morgan fingerprint density at radius 2 is 1.52 bits per heavy atom. The minimum Gasteiger partial charge on any atom is -0.318 e. The molecule has 0 saturated heterocycles. The molecule has 0 heterocycles. The van der Waals surface area contributed by atoms with E-state index in [1.807, 2.05) is 0 Å². The maximum Gasteiger partial charge on any atom is 0.314 e. The molecule has 23 heavy (non-hydrogen) atoms. The molecule has 0 atom stereocenters. The van der Waals surface area contributed by atoms with Gasteiger partial charge in [-0.15, -0.1) is 0 Å². The fourth-order valence-electron chi connectivity index (χ4n) is 1.67. The van der Waals surface area contributed by atoms with Crippen LogP contribution in [0.1, 0.15) is 0 Å². The first-order valence-corrected chi connectivity index (χ1v) is 6.19. The number of nitro groups is 1. The summed E-state index contributed by atoms with van der Waals surface area (Å²) in [6, 6.07) is 7.79. The molecule has 0 aromatic heterocycles. The van der Waals surface area contributed by atoms with Crippen LogP contribution in [-0.4, -0.2) is 16.7 Å².